The highest BCUT2D eigenvalue weighted by molar-refractivity contribution is 5.67. The maximum Gasteiger partial charge on any atom is 0.422 e. The number of hydrogen-bond acceptors (Lipinski definition) is 1. The van der Waals surface area contributed by atoms with E-state index in [1.807, 2.05) is 20.9 Å². The number of nitrogens with one attached hydrogen (secondary N) is 1. The Hall–Kier alpha value is -0.800. The number of nitrogens with zero attached hydrogens (tertiary/aromatic N) is 1. The number of halogens is 1. The highest BCUT2D eigenvalue weighted by Gasteiger charge is 2.31. The Labute approximate surface area is 91.5 Å². The molecule has 4 heteroatoms. The van der Waals surface area contributed by atoms with Gasteiger partial charge in [-0.05, 0) is 19.1 Å². The average molecular weight is 217 g/mol. The van der Waals surface area contributed by atoms with E-state index in [-0.39, 0.29) is 24.5 Å². The number of likely N-dealkylation sites (N-methyl/N-ethyl adjacent to an activating group) is 1. The van der Waals surface area contributed by atoms with Crippen LogP contribution in [0.5, 0.6) is 0 Å². The summed E-state index contributed by atoms with van der Waals surface area (Å²) in [6, 6.07) is 0.341. The van der Waals surface area contributed by atoms with Crippen LogP contribution in [0.3, 0.4) is 0 Å². The molecule has 0 saturated carbocycles. The molecule has 1 heterocycles. The van der Waals surface area contributed by atoms with E-state index in [2.05, 4.69) is 12.7 Å². The van der Waals surface area contributed by atoms with Gasteiger partial charge < -0.3 is 12.4 Å². The molecule has 2 atom stereocenters. The third kappa shape index (κ3) is 2.36. The first-order valence-corrected chi connectivity index (χ1v) is 4.50. The predicted octanol–water partition coefficient (Wildman–Crippen LogP) is -2.58. The molecule has 80 valence electrons. The van der Waals surface area contributed by atoms with Crippen LogP contribution in [0.4, 0.5) is 4.79 Å². The lowest BCUT2D eigenvalue weighted by molar-refractivity contribution is -0.772. The molecule has 0 fully saturated rings. The van der Waals surface area contributed by atoms with Crippen molar-refractivity contribution in [1.29, 1.82) is 0 Å². The van der Waals surface area contributed by atoms with E-state index in [0.717, 1.165) is 10.6 Å². The number of amides is 2. The number of allylic oxidation sites excluding steroid dienone is 1. The molecule has 3 nitrogen and oxygen atoms in total. The lowest BCUT2D eigenvalue weighted by Gasteiger charge is -2.30. The first kappa shape index (κ1) is 13.2. The number of quaternary nitrogens is 1. The number of rotatable bonds is 2. The van der Waals surface area contributed by atoms with Gasteiger partial charge in [0.15, 0.2) is 0 Å². The molecule has 2 unspecified atom stereocenters. The SMILES string of the molecule is C=CC[NH+]1C(=O)N(C)C(C)C=C1C.[Cl-]. The summed E-state index contributed by atoms with van der Waals surface area (Å²) in [6.45, 7) is 8.32. The first-order chi connectivity index (χ1) is 6.07. The molecule has 1 rings (SSSR count). The second kappa shape index (κ2) is 5.17. The van der Waals surface area contributed by atoms with Gasteiger partial charge in [-0.1, -0.05) is 6.58 Å². The first-order valence-electron chi connectivity index (χ1n) is 4.50. The zero-order chi connectivity index (χ0) is 10.0. The molecule has 0 radical (unpaired) electrons. The molecule has 1 N–H and O–H groups in total. The minimum absolute atomic E-state index is 0. The number of hydrogen-bond donors (Lipinski definition) is 1. The van der Waals surface area contributed by atoms with Crippen LogP contribution in [0.15, 0.2) is 24.4 Å². The van der Waals surface area contributed by atoms with Gasteiger partial charge >= 0.3 is 6.03 Å². The molecule has 2 amide bonds. The third-order valence-electron chi connectivity index (χ3n) is 2.51. The van der Waals surface area contributed by atoms with Gasteiger partial charge in [0.2, 0.25) is 0 Å². The lowest BCUT2D eigenvalue weighted by Crippen LogP contribution is -3.14. The van der Waals surface area contributed by atoms with Crippen LogP contribution < -0.4 is 17.3 Å². The number of carbonyl (C=O) groups is 1. The van der Waals surface area contributed by atoms with Crippen LogP contribution in [0.1, 0.15) is 13.8 Å². The maximum absolute atomic E-state index is 11.7. The molecule has 0 aromatic heterocycles. The van der Waals surface area contributed by atoms with Crippen LogP contribution >= 0.6 is 0 Å². The summed E-state index contributed by atoms with van der Waals surface area (Å²) in [4.78, 5) is 14.4. The molecule has 0 saturated heterocycles. The summed E-state index contributed by atoms with van der Waals surface area (Å²) in [6.07, 6.45) is 3.88. The number of urea groups is 1. The van der Waals surface area contributed by atoms with E-state index < -0.39 is 0 Å². The van der Waals surface area contributed by atoms with E-state index >= 15 is 0 Å². The Balaban J connectivity index is 0.00000169. The van der Waals surface area contributed by atoms with Gasteiger partial charge in [0, 0.05) is 14.0 Å². The van der Waals surface area contributed by atoms with Crippen LogP contribution in [0, 0.1) is 0 Å². The van der Waals surface area contributed by atoms with E-state index in [9.17, 15) is 4.79 Å². The molecule has 0 spiro atoms. The average Bonchev–Trinajstić information content (AvgIpc) is 2.09. The summed E-state index contributed by atoms with van der Waals surface area (Å²) in [5.74, 6) is 0. The summed E-state index contributed by atoms with van der Waals surface area (Å²) in [5.41, 5.74) is 1.09. The smallest absolute Gasteiger partial charge is 0.422 e. The predicted molar refractivity (Wildman–Crippen MR) is 52.4 cm³/mol. The van der Waals surface area contributed by atoms with Crippen molar-refractivity contribution in [2.24, 2.45) is 0 Å². The minimum atomic E-state index is 0. The number of carbonyl (C=O) groups excluding carboxylic acids is 1. The molecule has 0 aromatic carbocycles. The van der Waals surface area contributed by atoms with Gasteiger partial charge in [-0.25, -0.2) is 9.69 Å². The highest BCUT2D eigenvalue weighted by Crippen LogP contribution is 2.03. The van der Waals surface area contributed by atoms with E-state index in [1.54, 1.807) is 11.0 Å². The largest absolute Gasteiger partial charge is 1.00 e. The van der Waals surface area contributed by atoms with Gasteiger partial charge in [-0.3, -0.25) is 4.90 Å². The fourth-order valence-corrected chi connectivity index (χ4v) is 1.53. The van der Waals surface area contributed by atoms with Crippen LogP contribution in [0.25, 0.3) is 0 Å². The van der Waals surface area contributed by atoms with Crippen molar-refractivity contribution >= 4 is 6.03 Å². The summed E-state index contributed by atoms with van der Waals surface area (Å²) in [5, 5.41) is 0. The maximum atomic E-state index is 11.7. The normalized spacial score (nSPS) is 26.6. The molecule has 0 aromatic rings. The van der Waals surface area contributed by atoms with Crippen molar-refractivity contribution in [3.8, 4) is 0 Å². The zero-order valence-electron chi connectivity index (χ0n) is 8.88. The van der Waals surface area contributed by atoms with Gasteiger partial charge in [0.25, 0.3) is 0 Å². The topological polar surface area (TPSA) is 24.8 Å². The van der Waals surface area contributed by atoms with Crippen molar-refractivity contribution in [3.63, 3.8) is 0 Å². The monoisotopic (exact) mass is 216 g/mol. The molecule has 1 aliphatic rings. The fourth-order valence-electron chi connectivity index (χ4n) is 1.53. The second-order valence-corrected chi connectivity index (χ2v) is 3.48. The highest BCUT2D eigenvalue weighted by atomic mass is 35.5. The van der Waals surface area contributed by atoms with Crippen LogP contribution in [-0.2, 0) is 0 Å². The van der Waals surface area contributed by atoms with Gasteiger partial charge in [0.1, 0.15) is 12.2 Å². The van der Waals surface area contributed by atoms with Gasteiger partial charge in [0.05, 0.1) is 6.04 Å². The van der Waals surface area contributed by atoms with Crippen molar-refractivity contribution in [2.75, 3.05) is 13.6 Å². The Morgan fingerprint density at radius 1 is 1.71 bits per heavy atom. The summed E-state index contributed by atoms with van der Waals surface area (Å²) in [7, 11) is 1.83. The van der Waals surface area contributed by atoms with Gasteiger partial charge in [-0.15, -0.1) is 0 Å². The zero-order valence-corrected chi connectivity index (χ0v) is 9.64. The van der Waals surface area contributed by atoms with Crippen molar-refractivity contribution in [2.45, 2.75) is 19.9 Å². The Morgan fingerprint density at radius 3 is 2.79 bits per heavy atom. The van der Waals surface area contributed by atoms with Crippen molar-refractivity contribution < 1.29 is 22.1 Å². The quantitative estimate of drug-likeness (QED) is 0.504. The Kier molecular flexibility index (Phi) is 4.88. The van der Waals surface area contributed by atoms with Crippen LogP contribution in [-0.4, -0.2) is 30.6 Å². The van der Waals surface area contributed by atoms with E-state index in [1.165, 1.54) is 0 Å². The fraction of sp³-hybridized carbons (Fsp3) is 0.500. The Morgan fingerprint density at radius 2 is 2.29 bits per heavy atom. The van der Waals surface area contributed by atoms with Crippen LogP contribution in [0.2, 0.25) is 0 Å². The summed E-state index contributed by atoms with van der Waals surface area (Å²) < 4.78 is 0. The second-order valence-electron chi connectivity index (χ2n) is 3.48. The lowest BCUT2D eigenvalue weighted by atomic mass is 10.2. The van der Waals surface area contributed by atoms with Crippen molar-refractivity contribution in [3.05, 3.63) is 24.4 Å². The molecular formula is C10H17ClN2O. The molecule has 0 bridgehead atoms. The van der Waals surface area contributed by atoms with E-state index in [0.29, 0.717) is 6.54 Å². The molecule has 0 aliphatic carbocycles. The summed E-state index contributed by atoms with van der Waals surface area (Å²) >= 11 is 0. The minimum Gasteiger partial charge on any atom is -1.00 e. The van der Waals surface area contributed by atoms with Gasteiger partial charge in [-0.2, -0.15) is 0 Å². The Bertz CT molecular complexity index is 263. The van der Waals surface area contributed by atoms with E-state index in [4.69, 9.17) is 0 Å². The molecular weight excluding hydrogens is 200 g/mol. The standard InChI is InChI=1S/C10H16N2O.ClH/c1-5-6-12-9(3)7-8(2)11(4)10(12)13;/h5,7-8H,1,6H2,2-4H3;1H. The third-order valence-corrected chi connectivity index (χ3v) is 2.51. The molecule has 14 heavy (non-hydrogen) atoms. The van der Waals surface area contributed by atoms with Crippen molar-refractivity contribution in [1.82, 2.24) is 4.90 Å². The molecule has 1 aliphatic heterocycles.